The zero-order valence-electron chi connectivity index (χ0n) is 10.00. The molecule has 6 heteroatoms. The highest BCUT2D eigenvalue weighted by molar-refractivity contribution is 9.10. The highest BCUT2D eigenvalue weighted by Gasteiger charge is 2.14. The number of Topliss-reactive ketones (excluding diaryl/α,β-unsaturated/α-hetero) is 1. The van der Waals surface area contributed by atoms with Crippen LogP contribution in [-0.2, 0) is 0 Å². The topological polar surface area (TPSA) is 26.3 Å². The van der Waals surface area contributed by atoms with Gasteiger partial charge in [0.2, 0.25) is 5.78 Å². The zero-order chi connectivity index (χ0) is 14.7. The van der Waals surface area contributed by atoms with Crippen molar-refractivity contribution in [1.29, 1.82) is 0 Å². The molecule has 0 spiro atoms. The van der Waals surface area contributed by atoms with Gasteiger partial charge in [-0.15, -0.1) is 0 Å². The normalized spacial score (nSPS) is 10.4. The van der Waals surface area contributed by atoms with Crippen LogP contribution in [0.25, 0.3) is 0 Å². The number of ether oxygens (including phenoxy) is 1. The van der Waals surface area contributed by atoms with Crippen molar-refractivity contribution in [3.63, 3.8) is 0 Å². The molecule has 0 aliphatic heterocycles. The summed E-state index contributed by atoms with van der Waals surface area (Å²) in [6.45, 7) is -0.525. The van der Waals surface area contributed by atoms with Crippen LogP contribution in [-0.4, -0.2) is 12.4 Å². The summed E-state index contributed by atoms with van der Waals surface area (Å²) in [4.78, 5) is 11.7. The molecule has 0 heterocycles. The molecule has 0 saturated heterocycles. The summed E-state index contributed by atoms with van der Waals surface area (Å²) in [5.74, 6) is -2.72. The van der Waals surface area contributed by atoms with Crippen LogP contribution < -0.4 is 4.74 Å². The summed E-state index contributed by atoms with van der Waals surface area (Å²) >= 11 is 3.13. The molecule has 0 unspecified atom stereocenters. The Kier molecular flexibility index (Phi) is 4.44. The zero-order valence-corrected chi connectivity index (χ0v) is 11.6. The maximum absolute atomic E-state index is 13.4. The minimum absolute atomic E-state index is 0.107. The van der Waals surface area contributed by atoms with Crippen LogP contribution in [0.15, 0.2) is 40.9 Å². The van der Waals surface area contributed by atoms with Crippen molar-refractivity contribution >= 4 is 21.7 Å². The van der Waals surface area contributed by atoms with Gasteiger partial charge in [0, 0.05) is 6.07 Å². The molecule has 0 aliphatic rings. The maximum Gasteiger partial charge on any atom is 0.203 e. The Morgan fingerprint density at radius 2 is 1.70 bits per heavy atom. The van der Waals surface area contributed by atoms with Gasteiger partial charge in [0.1, 0.15) is 23.2 Å². The summed E-state index contributed by atoms with van der Waals surface area (Å²) < 4.78 is 44.9. The molecule has 0 amide bonds. The highest BCUT2D eigenvalue weighted by Crippen LogP contribution is 2.25. The number of ketones is 1. The number of hydrogen-bond donors (Lipinski definition) is 0. The van der Waals surface area contributed by atoms with Gasteiger partial charge in [0.05, 0.1) is 10.0 Å². The van der Waals surface area contributed by atoms with Crippen LogP contribution in [0.5, 0.6) is 5.75 Å². The lowest BCUT2D eigenvalue weighted by Gasteiger charge is -2.08. The first kappa shape index (κ1) is 14.6. The minimum Gasteiger partial charge on any atom is -0.484 e. The number of hydrogen-bond acceptors (Lipinski definition) is 2. The molecule has 2 rings (SSSR count). The first-order valence-electron chi connectivity index (χ1n) is 5.53. The molecule has 0 N–H and O–H groups in total. The Morgan fingerprint density at radius 3 is 2.45 bits per heavy atom. The summed E-state index contributed by atoms with van der Waals surface area (Å²) in [5, 5.41) is 0. The van der Waals surface area contributed by atoms with Crippen LogP contribution in [0, 0.1) is 17.5 Å². The number of carbonyl (C=O) groups excluding carboxylic acids is 1. The standard InChI is InChI=1S/C14H8BrF3O2/c15-11-3-1-9(17)6-14(11)20-7-13(19)10-5-8(16)2-4-12(10)18/h1-6H,7H2. The van der Waals surface area contributed by atoms with Gasteiger partial charge in [-0.05, 0) is 46.3 Å². The van der Waals surface area contributed by atoms with Gasteiger partial charge in [0.15, 0.2) is 6.61 Å². The van der Waals surface area contributed by atoms with Gasteiger partial charge in [-0.3, -0.25) is 4.79 Å². The largest absolute Gasteiger partial charge is 0.484 e. The Labute approximate surface area is 121 Å². The summed E-state index contributed by atoms with van der Waals surface area (Å²) in [7, 11) is 0. The van der Waals surface area contributed by atoms with E-state index in [4.69, 9.17) is 4.74 Å². The van der Waals surface area contributed by atoms with E-state index in [9.17, 15) is 18.0 Å². The fourth-order valence-corrected chi connectivity index (χ4v) is 1.88. The van der Waals surface area contributed by atoms with E-state index in [1.54, 1.807) is 0 Å². The second kappa shape index (κ2) is 6.09. The monoisotopic (exact) mass is 344 g/mol. The van der Waals surface area contributed by atoms with E-state index in [2.05, 4.69) is 15.9 Å². The van der Waals surface area contributed by atoms with E-state index in [-0.39, 0.29) is 5.75 Å². The fraction of sp³-hybridized carbons (Fsp3) is 0.0714. The lowest BCUT2D eigenvalue weighted by atomic mass is 10.1. The van der Waals surface area contributed by atoms with E-state index in [0.29, 0.717) is 4.47 Å². The lowest BCUT2D eigenvalue weighted by Crippen LogP contribution is -2.14. The van der Waals surface area contributed by atoms with Crippen molar-refractivity contribution < 1.29 is 22.7 Å². The number of rotatable bonds is 4. The van der Waals surface area contributed by atoms with Gasteiger partial charge in [0.25, 0.3) is 0 Å². The summed E-state index contributed by atoms with van der Waals surface area (Å²) in [5.41, 5.74) is -0.405. The summed E-state index contributed by atoms with van der Waals surface area (Å²) in [6.07, 6.45) is 0. The van der Waals surface area contributed by atoms with Crippen molar-refractivity contribution in [3.05, 3.63) is 63.9 Å². The molecule has 2 aromatic rings. The molecule has 0 aliphatic carbocycles. The molecular weight excluding hydrogens is 337 g/mol. The molecule has 2 aromatic carbocycles. The molecular formula is C14H8BrF3O2. The van der Waals surface area contributed by atoms with Crippen molar-refractivity contribution in [2.24, 2.45) is 0 Å². The number of benzene rings is 2. The molecule has 0 atom stereocenters. The van der Waals surface area contributed by atoms with Crippen LogP contribution in [0.2, 0.25) is 0 Å². The predicted octanol–water partition coefficient (Wildman–Crippen LogP) is 4.13. The second-order valence-corrected chi connectivity index (χ2v) is 4.77. The van der Waals surface area contributed by atoms with Crippen LogP contribution >= 0.6 is 15.9 Å². The Hall–Kier alpha value is -1.82. The van der Waals surface area contributed by atoms with E-state index >= 15 is 0 Å². The molecule has 104 valence electrons. The molecule has 0 saturated carbocycles. The minimum atomic E-state index is -0.835. The van der Waals surface area contributed by atoms with Gasteiger partial charge < -0.3 is 4.74 Å². The molecule has 20 heavy (non-hydrogen) atoms. The fourth-order valence-electron chi connectivity index (χ4n) is 1.52. The van der Waals surface area contributed by atoms with Crippen molar-refractivity contribution in [2.45, 2.75) is 0 Å². The van der Waals surface area contributed by atoms with E-state index < -0.39 is 35.4 Å². The first-order chi connectivity index (χ1) is 9.47. The molecule has 0 fully saturated rings. The maximum atomic E-state index is 13.4. The van der Waals surface area contributed by atoms with E-state index in [1.165, 1.54) is 12.1 Å². The smallest absolute Gasteiger partial charge is 0.203 e. The number of carbonyl (C=O) groups is 1. The molecule has 0 radical (unpaired) electrons. The van der Waals surface area contributed by atoms with Crippen LogP contribution in [0.4, 0.5) is 13.2 Å². The molecule has 0 bridgehead atoms. The third-order valence-corrected chi connectivity index (χ3v) is 3.14. The third kappa shape index (κ3) is 3.39. The summed E-state index contributed by atoms with van der Waals surface area (Å²) in [6, 6.07) is 6.28. The first-order valence-corrected chi connectivity index (χ1v) is 6.33. The average Bonchev–Trinajstić information content (AvgIpc) is 2.42. The van der Waals surface area contributed by atoms with Crippen LogP contribution in [0.3, 0.4) is 0 Å². The quantitative estimate of drug-likeness (QED) is 0.779. The third-order valence-electron chi connectivity index (χ3n) is 2.48. The van der Waals surface area contributed by atoms with E-state index in [1.807, 2.05) is 0 Å². The SMILES string of the molecule is O=C(COc1cc(F)ccc1Br)c1cc(F)ccc1F. The second-order valence-electron chi connectivity index (χ2n) is 3.91. The van der Waals surface area contributed by atoms with Gasteiger partial charge in [-0.2, -0.15) is 0 Å². The van der Waals surface area contributed by atoms with Crippen molar-refractivity contribution in [3.8, 4) is 5.75 Å². The number of halogens is 4. The Bertz CT molecular complexity index is 659. The predicted molar refractivity (Wildman–Crippen MR) is 70.3 cm³/mol. The molecule has 2 nitrogen and oxygen atoms in total. The van der Waals surface area contributed by atoms with Crippen molar-refractivity contribution in [1.82, 2.24) is 0 Å². The lowest BCUT2D eigenvalue weighted by molar-refractivity contribution is 0.0916. The van der Waals surface area contributed by atoms with Crippen LogP contribution in [0.1, 0.15) is 10.4 Å². The van der Waals surface area contributed by atoms with Crippen molar-refractivity contribution in [2.75, 3.05) is 6.61 Å². The Morgan fingerprint density at radius 1 is 1.05 bits per heavy atom. The van der Waals surface area contributed by atoms with E-state index in [0.717, 1.165) is 24.3 Å². The average molecular weight is 345 g/mol. The Balaban J connectivity index is 2.12. The molecule has 0 aromatic heterocycles. The highest BCUT2D eigenvalue weighted by atomic mass is 79.9. The van der Waals surface area contributed by atoms with Gasteiger partial charge >= 0.3 is 0 Å². The van der Waals surface area contributed by atoms with Gasteiger partial charge in [-0.25, -0.2) is 13.2 Å². The van der Waals surface area contributed by atoms with Gasteiger partial charge in [-0.1, -0.05) is 0 Å².